The van der Waals surface area contributed by atoms with Crippen molar-refractivity contribution < 1.29 is 29.7 Å². The highest BCUT2D eigenvalue weighted by Crippen LogP contribution is 2.33. The molecule has 0 aliphatic rings. The Morgan fingerprint density at radius 3 is 1.53 bits per heavy atom. The average molecular weight is 412 g/mol. The lowest BCUT2D eigenvalue weighted by molar-refractivity contribution is 0.0646. The summed E-state index contributed by atoms with van der Waals surface area (Å²) < 4.78 is 0. The molecule has 2 aromatic carbocycles. The first-order valence-electron chi connectivity index (χ1n) is 10.3. The van der Waals surface area contributed by atoms with Gasteiger partial charge in [0.25, 0.3) is 0 Å². The van der Waals surface area contributed by atoms with Crippen LogP contribution in [0.15, 0.2) is 30.3 Å². The lowest BCUT2D eigenvalue weighted by Crippen LogP contribution is -2.22. The number of benzene rings is 2. The van der Waals surface area contributed by atoms with Crippen molar-refractivity contribution in [2.75, 3.05) is 0 Å². The van der Waals surface area contributed by atoms with Crippen LogP contribution in [0.25, 0.3) is 0 Å². The summed E-state index contributed by atoms with van der Waals surface area (Å²) in [6.07, 6.45) is 3.71. The maximum absolute atomic E-state index is 12.3. The Bertz CT molecular complexity index is 931. The minimum atomic E-state index is -1.42. The first-order valence-corrected chi connectivity index (χ1v) is 10.3. The summed E-state index contributed by atoms with van der Waals surface area (Å²) in [5, 5.41) is 30.0. The van der Waals surface area contributed by atoms with Crippen molar-refractivity contribution >= 4 is 17.9 Å². The van der Waals surface area contributed by atoms with E-state index in [4.69, 9.17) is 0 Å². The van der Waals surface area contributed by atoms with Crippen molar-refractivity contribution in [1.82, 2.24) is 0 Å². The van der Waals surface area contributed by atoms with Crippen molar-refractivity contribution in [3.63, 3.8) is 0 Å². The van der Waals surface area contributed by atoms with Gasteiger partial charge in [-0.3, -0.25) is 0 Å². The fourth-order valence-electron chi connectivity index (χ4n) is 3.88. The zero-order valence-electron chi connectivity index (χ0n) is 17.4. The lowest BCUT2D eigenvalue weighted by Gasteiger charge is -2.22. The molecular formula is C24H28O6. The molecule has 0 unspecified atom stereocenters. The molecule has 6 heteroatoms. The van der Waals surface area contributed by atoms with E-state index in [-0.39, 0.29) is 23.1 Å². The molecule has 0 saturated carbocycles. The van der Waals surface area contributed by atoms with Gasteiger partial charge in [0.15, 0.2) is 0 Å². The van der Waals surface area contributed by atoms with Crippen molar-refractivity contribution in [2.45, 2.75) is 58.8 Å². The summed E-state index contributed by atoms with van der Waals surface area (Å²) in [4.78, 5) is 36.8. The first kappa shape index (κ1) is 23.1. The van der Waals surface area contributed by atoms with E-state index in [1.807, 2.05) is 19.9 Å². The molecule has 3 N–H and O–H groups in total. The zero-order valence-corrected chi connectivity index (χ0v) is 17.4. The van der Waals surface area contributed by atoms with E-state index in [9.17, 15) is 29.7 Å². The molecule has 0 saturated heterocycles. The van der Waals surface area contributed by atoms with Crippen LogP contribution >= 0.6 is 0 Å². The first-order chi connectivity index (χ1) is 14.3. The Balaban J connectivity index is 2.95. The largest absolute Gasteiger partial charge is 0.478 e. The maximum atomic E-state index is 12.3. The molecule has 2 aromatic rings. The van der Waals surface area contributed by atoms with Crippen LogP contribution in [0.3, 0.4) is 0 Å². The van der Waals surface area contributed by atoms with Crippen LogP contribution in [0.2, 0.25) is 0 Å². The summed E-state index contributed by atoms with van der Waals surface area (Å²) in [6.45, 7) is 3.92. The highest BCUT2D eigenvalue weighted by atomic mass is 16.4. The Labute approximate surface area is 176 Å². The second kappa shape index (κ2) is 10.6. The van der Waals surface area contributed by atoms with Crippen molar-refractivity contribution in [1.29, 1.82) is 0 Å². The molecule has 0 aliphatic heterocycles. The molecule has 2 rings (SSSR count). The van der Waals surface area contributed by atoms with Gasteiger partial charge in [0, 0.05) is 0 Å². The van der Waals surface area contributed by atoms with Crippen LogP contribution in [0.1, 0.15) is 92.9 Å². The third-order valence-electron chi connectivity index (χ3n) is 5.25. The van der Waals surface area contributed by atoms with Crippen LogP contribution in [0, 0.1) is 0 Å². The summed E-state index contributed by atoms with van der Waals surface area (Å²) in [5.41, 5.74) is 0.871. The van der Waals surface area contributed by atoms with Crippen LogP contribution < -0.4 is 0 Å². The van der Waals surface area contributed by atoms with Crippen LogP contribution in [0.4, 0.5) is 0 Å². The number of hydrogen-bond donors (Lipinski definition) is 3. The van der Waals surface area contributed by atoms with Crippen molar-refractivity contribution in [3.8, 4) is 0 Å². The Kier molecular flexibility index (Phi) is 8.16. The summed E-state index contributed by atoms with van der Waals surface area (Å²) in [7, 11) is 0. The Morgan fingerprint density at radius 2 is 1.10 bits per heavy atom. The van der Waals surface area contributed by atoms with E-state index in [2.05, 4.69) is 0 Å². The topological polar surface area (TPSA) is 112 Å². The van der Waals surface area contributed by atoms with Crippen molar-refractivity contribution in [2.24, 2.45) is 0 Å². The molecule has 0 spiro atoms. The summed E-state index contributed by atoms with van der Waals surface area (Å²) in [6, 6.07) is 8.91. The van der Waals surface area contributed by atoms with Crippen LogP contribution in [0.5, 0.6) is 0 Å². The van der Waals surface area contributed by atoms with Gasteiger partial charge in [-0.25, -0.2) is 14.4 Å². The Hall–Kier alpha value is -3.15. The molecule has 30 heavy (non-hydrogen) atoms. The third kappa shape index (κ3) is 5.06. The van der Waals surface area contributed by atoms with Gasteiger partial charge in [0.2, 0.25) is 0 Å². The fraction of sp³-hybridized carbons (Fsp3) is 0.375. The van der Waals surface area contributed by atoms with E-state index < -0.39 is 23.5 Å². The summed E-state index contributed by atoms with van der Waals surface area (Å²) in [5.74, 6) is -3.97. The standard InChI is InChI=1S/C24H28O6/c1-3-5-12-16-17(13-6-4-2)20(23(27)28)21(24(29)30)18(19(16)22(25)26)14-15-10-8-7-9-11-15/h7-11H,3-6,12-14H2,1-2H3,(H,25,26)(H,27,28)(H,29,30). The molecule has 0 amide bonds. The number of aromatic carboxylic acids is 3. The zero-order chi connectivity index (χ0) is 22.3. The van der Waals surface area contributed by atoms with E-state index in [0.717, 1.165) is 18.4 Å². The second-order valence-electron chi connectivity index (χ2n) is 7.35. The molecule has 0 bridgehead atoms. The van der Waals surface area contributed by atoms with Gasteiger partial charge in [-0.2, -0.15) is 0 Å². The number of carbonyl (C=O) groups is 3. The second-order valence-corrected chi connectivity index (χ2v) is 7.35. The smallest absolute Gasteiger partial charge is 0.336 e. The molecule has 0 atom stereocenters. The highest BCUT2D eigenvalue weighted by Gasteiger charge is 2.32. The van der Waals surface area contributed by atoms with Gasteiger partial charge in [-0.05, 0) is 54.4 Å². The predicted molar refractivity (Wildman–Crippen MR) is 114 cm³/mol. The molecule has 0 radical (unpaired) electrons. The molecule has 0 aromatic heterocycles. The molecule has 0 fully saturated rings. The number of carboxylic acids is 3. The van der Waals surface area contributed by atoms with E-state index in [0.29, 0.717) is 36.8 Å². The molecule has 0 aliphatic carbocycles. The monoisotopic (exact) mass is 412 g/mol. The fourth-order valence-corrected chi connectivity index (χ4v) is 3.88. The molecule has 6 nitrogen and oxygen atoms in total. The highest BCUT2D eigenvalue weighted by molar-refractivity contribution is 6.07. The average Bonchev–Trinajstić information content (AvgIpc) is 2.70. The third-order valence-corrected chi connectivity index (χ3v) is 5.25. The van der Waals surface area contributed by atoms with E-state index in [1.165, 1.54) is 0 Å². The van der Waals surface area contributed by atoms with E-state index >= 15 is 0 Å². The van der Waals surface area contributed by atoms with Gasteiger partial charge in [-0.1, -0.05) is 57.0 Å². The number of hydrogen-bond acceptors (Lipinski definition) is 3. The van der Waals surface area contributed by atoms with Gasteiger partial charge >= 0.3 is 17.9 Å². The minimum Gasteiger partial charge on any atom is -0.478 e. The molecule has 0 heterocycles. The normalized spacial score (nSPS) is 10.7. The van der Waals surface area contributed by atoms with E-state index in [1.54, 1.807) is 24.3 Å². The number of carboxylic acid groups (broad SMARTS) is 3. The Morgan fingerprint density at radius 1 is 0.667 bits per heavy atom. The van der Waals surface area contributed by atoms with Gasteiger partial charge in [0.05, 0.1) is 16.7 Å². The van der Waals surface area contributed by atoms with Gasteiger partial charge in [-0.15, -0.1) is 0 Å². The minimum absolute atomic E-state index is 0.0393. The SMILES string of the molecule is CCCCc1c(CCCC)c(C(=O)O)c(C(=O)O)c(Cc2ccccc2)c1C(=O)O. The van der Waals surface area contributed by atoms with Gasteiger partial charge in [0.1, 0.15) is 0 Å². The van der Waals surface area contributed by atoms with Crippen LogP contribution in [-0.2, 0) is 19.3 Å². The number of rotatable bonds is 11. The van der Waals surface area contributed by atoms with Gasteiger partial charge < -0.3 is 15.3 Å². The lowest BCUT2D eigenvalue weighted by atomic mass is 9.80. The summed E-state index contributed by atoms with van der Waals surface area (Å²) >= 11 is 0. The number of unbranched alkanes of at least 4 members (excludes halogenated alkanes) is 2. The molecular weight excluding hydrogens is 384 g/mol. The van der Waals surface area contributed by atoms with Crippen molar-refractivity contribution in [3.05, 3.63) is 69.3 Å². The maximum Gasteiger partial charge on any atom is 0.336 e. The quantitative estimate of drug-likeness (QED) is 0.476. The van der Waals surface area contributed by atoms with Crippen LogP contribution in [-0.4, -0.2) is 33.2 Å². The predicted octanol–water partition coefficient (Wildman–Crippen LogP) is 5.06. The molecule has 160 valence electrons.